The molecule has 4 nitrogen and oxygen atoms in total. The molecule has 33 heavy (non-hydrogen) atoms. The topological polar surface area (TPSA) is 44.8 Å². The van der Waals surface area contributed by atoms with Crippen molar-refractivity contribution in [2.24, 2.45) is 0 Å². The number of piperidine rings is 1. The van der Waals surface area contributed by atoms with Gasteiger partial charge in [0, 0.05) is 46.9 Å². The maximum absolute atomic E-state index is 13.9. The lowest BCUT2D eigenvalue weighted by Crippen LogP contribution is -2.27. The van der Waals surface area contributed by atoms with Crippen molar-refractivity contribution in [3.63, 3.8) is 0 Å². The minimum absolute atomic E-state index is 0.305. The molecule has 4 aromatic rings. The molecule has 2 aromatic carbocycles. The number of nitrogens with zero attached hydrogens (tertiary/aromatic N) is 3. The van der Waals surface area contributed by atoms with Crippen LogP contribution in [-0.2, 0) is 0 Å². The quantitative estimate of drug-likeness (QED) is 0.264. The molecule has 0 bridgehead atoms. The van der Waals surface area contributed by atoms with E-state index in [0.29, 0.717) is 10.4 Å². The number of benzene rings is 2. The third-order valence-corrected chi connectivity index (χ3v) is 8.04. The van der Waals surface area contributed by atoms with E-state index in [1.54, 1.807) is 24.2 Å². The summed E-state index contributed by atoms with van der Waals surface area (Å²) in [6.07, 6.45) is 5.75. The van der Waals surface area contributed by atoms with Crippen LogP contribution in [0.2, 0.25) is 5.02 Å². The molecule has 8 heteroatoms. The van der Waals surface area contributed by atoms with E-state index in [1.165, 1.54) is 11.8 Å². The van der Waals surface area contributed by atoms with Gasteiger partial charge in [-0.15, -0.1) is 0 Å². The summed E-state index contributed by atoms with van der Waals surface area (Å²) in [5, 5.41) is 0.720. The van der Waals surface area contributed by atoms with Gasteiger partial charge in [-0.2, -0.15) is 0 Å². The van der Waals surface area contributed by atoms with Crippen molar-refractivity contribution in [2.75, 3.05) is 13.1 Å². The van der Waals surface area contributed by atoms with Crippen LogP contribution in [0.25, 0.3) is 22.6 Å². The van der Waals surface area contributed by atoms with Gasteiger partial charge in [-0.3, -0.25) is 4.98 Å². The predicted molar refractivity (Wildman–Crippen MR) is 136 cm³/mol. The number of rotatable bonds is 5. The molecule has 0 spiro atoms. The summed E-state index contributed by atoms with van der Waals surface area (Å²) >= 11 is 11.4. The van der Waals surface area contributed by atoms with Crippen molar-refractivity contribution < 1.29 is 4.39 Å². The molecule has 1 fully saturated rings. The molecule has 5 rings (SSSR count). The molecule has 0 aliphatic carbocycles. The normalized spacial score (nSPS) is 15.1. The van der Waals surface area contributed by atoms with Gasteiger partial charge in [-0.25, -0.2) is 13.7 Å². The van der Waals surface area contributed by atoms with Crippen LogP contribution in [0, 0.1) is 5.82 Å². The van der Waals surface area contributed by atoms with Gasteiger partial charge >= 0.3 is 0 Å². The summed E-state index contributed by atoms with van der Waals surface area (Å²) in [5.41, 5.74) is 3.63. The van der Waals surface area contributed by atoms with E-state index in [2.05, 4.69) is 53.4 Å². The Balaban J connectivity index is 1.29. The van der Waals surface area contributed by atoms with Crippen LogP contribution in [-0.4, -0.2) is 32.3 Å². The molecule has 1 saturated heterocycles. The Labute approximate surface area is 209 Å². The average molecular weight is 544 g/mol. The van der Waals surface area contributed by atoms with E-state index in [-0.39, 0.29) is 5.82 Å². The van der Waals surface area contributed by atoms with Crippen LogP contribution in [0.5, 0.6) is 0 Å². The van der Waals surface area contributed by atoms with Gasteiger partial charge in [-0.05, 0) is 83.2 Å². The van der Waals surface area contributed by atoms with E-state index in [1.807, 2.05) is 30.5 Å². The van der Waals surface area contributed by atoms with E-state index in [9.17, 15) is 4.39 Å². The number of aromatic nitrogens is 3. The number of imidazole rings is 1. The lowest BCUT2D eigenvalue weighted by Gasteiger charge is -2.30. The highest BCUT2D eigenvalue weighted by molar-refractivity contribution is 9.10. The molecule has 168 valence electrons. The van der Waals surface area contributed by atoms with Gasteiger partial charge in [0.05, 0.1) is 21.4 Å². The maximum Gasteiger partial charge on any atom is 0.138 e. The van der Waals surface area contributed by atoms with Gasteiger partial charge in [0.2, 0.25) is 0 Å². The van der Waals surface area contributed by atoms with Crippen LogP contribution in [0.1, 0.15) is 24.5 Å². The smallest absolute Gasteiger partial charge is 0.138 e. The number of hydrogen-bond donors (Lipinski definition) is 1. The third kappa shape index (κ3) is 5.17. The first-order valence-corrected chi connectivity index (χ1v) is 12.7. The molecular weight excluding hydrogens is 523 g/mol. The predicted octanol–water partition coefficient (Wildman–Crippen LogP) is 7.58. The average Bonchev–Trinajstić information content (AvgIpc) is 3.34. The van der Waals surface area contributed by atoms with Gasteiger partial charge < -0.3 is 4.98 Å². The van der Waals surface area contributed by atoms with Crippen molar-refractivity contribution in [3.8, 4) is 22.6 Å². The molecule has 3 heterocycles. The molecule has 2 aromatic heterocycles. The van der Waals surface area contributed by atoms with E-state index < -0.39 is 0 Å². The number of H-pyrrole nitrogens is 1. The molecule has 0 radical (unpaired) electrons. The Hall–Kier alpha value is -2.19. The van der Waals surface area contributed by atoms with E-state index in [4.69, 9.17) is 11.6 Å². The van der Waals surface area contributed by atoms with Crippen LogP contribution in [0.4, 0.5) is 4.39 Å². The summed E-state index contributed by atoms with van der Waals surface area (Å²) in [5.74, 6) is 0.927. The molecule has 0 unspecified atom stereocenters. The van der Waals surface area contributed by atoms with Gasteiger partial charge in [0.15, 0.2) is 0 Å². The van der Waals surface area contributed by atoms with Crippen molar-refractivity contribution in [1.29, 1.82) is 0 Å². The summed E-state index contributed by atoms with van der Waals surface area (Å²) < 4.78 is 16.7. The summed E-state index contributed by atoms with van der Waals surface area (Å²) in [4.78, 5) is 13.3. The minimum atomic E-state index is -0.305. The number of nitrogens with one attached hydrogen (secondary N) is 1. The Morgan fingerprint density at radius 3 is 2.61 bits per heavy atom. The summed E-state index contributed by atoms with van der Waals surface area (Å²) in [6, 6.07) is 17.1. The first kappa shape index (κ1) is 22.6. The van der Waals surface area contributed by atoms with E-state index >= 15 is 0 Å². The van der Waals surface area contributed by atoms with Gasteiger partial charge in [0.25, 0.3) is 0 Å². The number of aromatic amines is 1. The second-order valence-corrected chi connectivity index (χ2v) is 10.4. The molecule has 0 saturated carbocycles. The molecular formula is C25H21BrClFN4S. The maximum atomic E-state index is 13.9. The Morgan fingerprint density at radius 2 is 1.85 bits per heavy atom. The second-order valence-electron chi connectivity index (χ2n) is 7.97. The first-order valence-electron chi connectivity index (χ1n) is 10.7. The van der Waals surface area contributed by atoms with Crippen LogP contribution >= 0.6 is 39.5 Å². The zero-order valence-corrected chi connectivity index (χ0v) is 20.8. The van der Waals surface area contributed by atoms with Crippen molar-refractivity contribution in [2.45, 2.75) is 23.7 Å². The monoisotopic (exact) mass is 542 g/mol. The zero-order valence-electron chi connectivity index (χ0n) is 17.6. The molecule has 1 aliphatic rings. The van der Waals surface area contributed by atoms with Crippen molar-refractivity contribution >= 4 is 39.5 Å². The second kappa shape index (κ2) is 9.97. The fraction of sp³-hybridized carbons (Fsp3) is 0.200. The molecule has 0 atom stereocenters. The molecule has 1 N–H and O–H groups in total. The number of pyridine rings is 1. The Kier molecular flexibility index (Phi) is 6.83. The van der Waals surface area contributed by atoms with Crippen molar-refractivity contribution in [1.82, 2.24) is 19.3 Å². The number of hydrogen-bond acceptors (Lipinski definition) is 4. The fourth-order valence-electron chi connectivity index (χ4n) is 4.00. The Bertz CT molecular complexity index is 1260. The summed E-state index contributed by atoms with van der Waals surface area (Å²) in [6.45, 7) is 1.96. The van der Waals surface area contributed by atoms with Crippen molar-refractivity contribution in [3.05, 3.63) is 88.0 Å². The lowest BCUT2D eigenvalue weighted by molar-refractivity contribution is 0.342. The third-order valence-electron chi connectivity index (χ3n) is 5.80. The first-order chi connectivity index (χ1) is 16.1. The van der Waals surface area contributed by atoms with Crippen LogP contribution in [0.3, 0.4) is 0 Å². The zero-order chi connectivity index (χ0) is 22.8. The SMILES string of the molecule is Fc1cc(-c2cnc(-c3ccc(Cl)c(SN4CCC(c5ccccn5)CC4)c3)[nH]2)ccc1Br. The fourth-order valence-corrected chi connectivity index (χ4v) is 5.47. The highest BCUT2D eigenvalue weighted by Gasteiger charge is 2.23. The lowest BCUT2D eigenvalue weighted by atomic mass is 9.94. The minimum Gasteiger partial charge on any atom is -0.338 e. The van der Waals surface area contributed by atoms with Crippen LogP contribution in [0.15, 0.2) is 76.4 Å². The number of halogens is 3. The van der Waals surface area contributed by atoms with Crippen LogP contribution < -0.4 is 0 Å². The standard InChI is InChI=1S/C25H21BrClFN4S/c26-19-6-4-17(13-21(19)28)23-15-30-25(31-23)18-5-7-20(27)24(14-18)33-32-11-8-16(9-12-32)22-3-1-2-10-29-22/h1-7,10,13-16H,8-9,11-12H2,(H,30,31). The molecule has 1 aliphatic heterocycles. The van der Waals surface area contributed by atoms with E-state index in [0.717, 1.165) is 58.5 Å². The molecule has 0 amide bonds. The van der Waals surface area contributed by atoms with Gasteiger partial charge in [-0.1, -0.05) is 23.7 Å². The largest absolute Gasteiger partial charge is 0.338 e. The highest BCUT2D eigenvalue weighted by Crippen LogP contribution is 2.37. The Morgan fingerprint density at radius 1 is 1.03 bits per heavy atom. The highest BCUT2D eigenvalue weighted by atomic mass is 79.9. The summed E-state index contributed by atoms with van der Waals surface area (Å²) in [7, 11) is 0. The van der Waals surface area contributed by atoms with Gasteiger partial charge in [0.1, 0.15) is 11.6 Å².